The summed E-state index contributed by atoms with van der Waals surface area (Å²) in [5, 5.41) is 1.05. The molecule has 0 fully saturated rings. The van der Waals surface area contributed by atoms with Crippen LogP contribution in [-0.4, -0.2) is 11.9 Å². The van der Waals surface area contributed by atoms with Crippen molar-refractivity contribution in [2.24, 2.45) is 4.99 Å². The van der Waals surface area contributed by atoms with Gasteiger partial charge < -0.3 is 9.15 Å². The Bertz CT molecular complexity index is 805. The molecule has 0 spiro atoms. The van der Waals surface area contributed by atoms with Crippen LogP contribution >= 0.6 is 23.2 Å². The molecular formula is C16H9Cl2NO3. The van der Waals surface area contributed by atoms with E-state index in [0.29, 0.717) is 15.8 Å². The van der Waals surface area contributed by atoms with Gasteiger partial charge in [0.2, 0.25) is 5.90 Å². The Morgan fingerprint density at radius 3 is 2.73 bits per heavy atom. The van der Waals surface area contributed by atoms with Crippen LogP contribution in [0.5, 0.6) is 0 Å². The van der Waals surface area contributed by atoms with Crippen molar-refractivity contribution in [3.63, 3.8) is 0 Å². The quantitative estimate of drug-likeness (QED) is 0.609. The molecule has 1 aromatic heterocycles. The Labute approximate surface area is 136 Å². The number of ether oxygens (including phenoxy) is 1. The maximum Gasteiger partial charge on any atom is 0.363 e. The first kappa shape index (κ1) is 14.6. The van der Waals surface area contributed by atoms with Crippen molar-refractivity contribution in [3.8, 4) is 0 Å². The van der Waals surface area contributed by atoms with Crippen LogP contribution in [0.3, 0.4) is 0 Å². The Hall–Kier alpha value is -2.30. The van der Waals surface area contributed by atoms with Crippen LogP contribution < -0.4 is 0 Å². The molecule has 0 N–H and O–H groups in total. The summed E-state index contributed by atoms with van der Waals surface area (Å²) < 4.78 is 10.2. The van der Waals surface area contributed by atoms with Gasteiger partial charge in [0, 0.05) is 22.2 Å². The highest BCUT2D eigenvalue weighted by atomic mass is 35.5. The molecule has 0 saturated carbocycles. The van der Waals surface area contributed by atoms with E-state index >= 15 is 0 Å². The number of hydrogen-bond acceptors (Lipinski definition) is 4. The molecule has 0 bridgehead atoms. The van der Waals surface area contributed by atoms with Gasteiger partial charge in [-0.3, -0.25) is 0 Å². The summed E-state index contributed by atoms with van der Waals surface area (Å²) in [5.41, 5.74) is 0.921. The Balaban J connectivity index is 1.81. The number of cyclic esters (lactones) is 1. The van der Waals surface area contributed by atoms with E-state index in [4.69, 9.17) is 32.4 Å². The molecule has 2 heterocycles. The molecule has 110 valence electrons. The molecule has 0 amide bonds. The van der Waals surface area contributed by atoms with Crippen molar-refractivity contribution >= 4 is 47.2 Å². The number of benzene rings is 1. The summed E-state index contributed by atoms with van der Waals surface area (Å²) in [6.07, 6.45) is 6.29. The topological polar surface area (TPSA) is 51.8 Å². The molecule has 6 heteroatoms. The van der Waals surface area contributed by atoms with Gasteiger partial charge >= 0.3 is 5.97 Å². The van der Waals surface area contributed by atoms with Gasteiger partial charge in [-0.05, 0) is 35.9 Å². The highest BCUT2D eigenvalue weighted by Crippen LogP contribution is 2.23. The van der Waals surface area contributed by atoms with Crippen molar-refractivity contribution in [1.29, 1.82) is 0 Å². The number of nitrogens with zero attached hydrogens (tertiary/aromatic N) is 1. The lowest BCUT2D eigenvalue weighted by Crippen LogP contribution is -2.01. The molecule has 0 atom stereocenters. The SMILES string of the molecule is O=C1OC(/C=C/c2ccc(Cl)cc2Cl)=NC/1=C\c1ccco1. The fourth-order valence-corrected chi connectivity index (χ4v) is 2.27. The summed E-state index contributed by atoms with van der Waals surface area (Å²) in [6, 6.07) is 8.56. The van der Waals surface area contributed by atoms with Crippen molar-refractivity contribution < 1.29 is 13.9 Å². The lowest BCUT2D eigenvalue weighted by Gasteiger charge is -1.98. The monoisotopic (exact) mass is 333 g/mol. The Kier molecular flexibility index (Phi) is 4.13. The number of aliphatic imine (C=N–C) groups is 1. The molecule has 1 aliphatic rings. The predicted molar refractivity (Wildman–Crippen MR) is 85.7 cm³/mol. The lowest BCUT2D eigenvalue weighted by atomic mass is 10.2. The maximum absolute atomic E-state index is 11.7. The largest absolute Gasteiger partial charge is 0.465 e. The fraction of sp³-hybridized carbons (Fsp3) is 0. The smallest absolute Gasteiger partial charge is 0.363 e. The number of rotatable bonds is 3. The van der Waals surface area contributed by atoms with Crippen molar-refractivity contribution in [1.82, 2.24) is 0 Å². The number of carbonyl (C=O) groups excluding carboxylic acids is 1. The second kappa shape index (κ2) is 6.22. The highest BCUT2D eigenvalue weighted by Gasteiger charge is 2.21. The zero-order valence-corrected chi connectivity index (χ0v) is 12.6. The van der Waals surface area contributed by atoms with Gasteiger partial charge in [-0.1, -0.05) is 29.3 Å². The summed E-state index contributed by atoms with van der Waals surface area (Å²) in [5.74, 6) is 0.189. The minimum atomic E-state index is -0.529. The predicted octanol–water partition coefficient (Wildman–Crippen LogP) is 4.60. The molecule has 1 aromatic carbocycles. The zero-order valence-electron chi connectivity index (χ0n) is 11.1. The summed E-state index contributed by atoms with van der Waals surface area (Å²) in [4.78, 5) is 15.8. The third kappa shape index (κ3) is 3.30. The first-order valence-corrected chi connectivity index (χ1v) is 7.06. The molecule has 1 aliphatic heterocycles. The summed E-state index contributed by atoms with van der Waals surface area (Å²) in [6.45, 7) is 0. The van der Waals surface area contributed by atoms with E-state index in [0.717, 1.165) is 5.56 Å². The summed E-state index contributed by atoms with van der Waals surface area (Å²) in [7, 11) is 0. The number of hydrogen-bond donors (Lipinski definition) is 0. The molecule has 22 heavy (non-hydrogen) atoms. The van der Waals surface area contributed by atoms with Crippen molar-refractivity contribution in [2.75, 3.05) is 0 Å². The molecule has 4 nitrogen and oxygen atoms in total. The van der Waals surface area contributed by atoms with Crippen molar-refractivity contribution in [2.45, 2.75) is 0 Å². The van der Waals surface area contributed by atoms with Gasteiger partial charge in [0.1, 0.15) is 5.76 Å². The van der Waals surface area contributed by atoms with Gasteiger partial charge in [-0.25, -0.2) is 9.79 Å². The zero-order chi connectivity index (χ0) is 15.5. The second-order valence-corrected chi connectivity index (χ2v) is 5.23. The molecule has 0 saturated heterocycles. The molecule has 0 radical (unpaired) electrons. The minimum absolute atomic E-state index is 0.178. The van der Waals surface area contributed by atoms with Crippen LogP contribution in [0, 0.1) is 0 Å². The molecule has 3 rings (SSSR count). The first-order valence-electron chi connectivity index (χ1n) is 6.31. The standard InChI is InChI=1S/C16H9Cl2NO3/c17-11-5-3-10(13(18)8-11)4-6-15-19-14(16(20)22-15)9-12-2-1-7-21-12/h1-9H/b6-4+,14-9-. The molecular weight excluding hydrogens is 325 g/mol. The Morgan fingerprint density at radius 2 is 2.00 bits per heavy atom. The van der Waals surface area contributed by atoms with E-state index in [2.05, 4.69) is 4.99 Å². The van der Waals surface area contributed by atoms with E-state index in [9.17, 15) is 4.79 Å². The molecule has 0 unspecified atom stereocenters. The summed E-state index contributed by atoms with van der Waals surface area (Å²) >= 11 is 11.9. The molecule has 2 aromatic rings. The lowest BCUT2D eigenvalue weighted by molar-refractivity contribution is -0.129. The van der Waals surface area contributed by atoms with E-state index in [-0.39, 0.29) is 11.6 Å². The normalized spacial score (nSPS) is 16.4. The van der Waals surface area contributed by atoms with Crippen LogP contribution in [0.4, 0.5) is 0 Å². The van der Waals surface area contributed by atoms with Crippen LogP contribution in [-0.2, 0) is 9.53 Å². The number of esters is 1. The van der Waals surface area contributed by atoms with Gasteiger partial charge in [0.25, 0.3) is 0 Å². The third-order valence-corrected chi connectivity index (χ3v) is 3.39. The minimum Gasteiger partial charge on any atom is -0.465 e. The third-order valence-electron chi connectivity index (χ3n) is 2.83. The average molecular weight is 334 g/mol. The number of halogens is 2. The van der Waals surface area contributed by atoms with E-state index in [1.54, 1.807) is 42.5 Å². The average Bonchev–Trinajstić information content (AvgIpc) is 3.09. The van der Waals surface area contributed by atoms with E-state index in [1.807, 2.05) is 0 Å². The highest BCUT2D eigenvalue weighted by molar-refractivity contribution is 6.35. The van der Waals surface area contributed by atoms with Crippen LogP contribution in [0.25, 0.3) is 12.2 Å². The number of furan rings is 1. The van der Waals surface area contributed by atoms with Crippen LogP contribution in [0.15, 0.2) is 57.8 Å². The second-order valence-electron chi connectivity index (χ2n) is 4.38. The van der Waals surface area contributed by atoms with E-state index < -0.39 is 5.97 Å². The van der Waals surface area contributed by atoms with Gasteiger partial charge in [0.15, 0.2) is 5.70 Å². The van der Waals surface area contributed by atoms with Crippen LogP contribution in [0.2, 0.25) is 10.0 Å². The van der Waals surface area contributed by atoms with Crippen molar-refractivity contribution in [3.05, 3.63) is 69.7 Å². The van der Waals surface area contributed by atoms with Gasteiger partial charge in [0.05, 0.1) is 6.26 Å². The molecule has 0 aliphatic carbocycles. The van der Waals surface area contributed by atoms with Gasteiger partial charge in [-0.15, -0.1) is 0 Å². The van der Waals surface area contributed by atoms with E-state index in [1.165, 1.54) is 12.3 Å². The maximum atomic E-state index is 11.7. The fourth-order valence-electron chi connectivity index (χ4n) is 1.80. The number of carbonyl (C=O) groups is 1. The van der Waals surface area contributed by atoms with Crippen LogP contribution in [0.1, 0.15) is 11.3 Å². The first-order chi connectivity index (χ1) is 10.6. The Morgan fingerprint density at radius 1 is 1.14 bits per heavy atom. The van der Waals surface area contributed by atoms with Gasteiger partial charge in [-0.2, -0.15) is 0 Å².